The highest BCUT2D eigenvalue weighted by atomic mass is 16.3. The van der Waals surface area contributed by atoms with Crippen molar-refractivity contribution in [2.24, 2.45) is 11.8 Å². The van der Waals surface area contributed by atoms with E-state index in [0.29, 0.717) is 13.2 Å². The monoisotopic (exact) mass is 511 g/mol. The third-order valence-corrected chi connectivity index (χ3v) is 8.49. The lowest BCUT2D eigenvalue weighted by Crippen LogP contribution is -2.16. The van der Waals surface area contributed by atoms with Gasteiger partial charge in [-0.2, -0.15) is 0 Å². The van der Waals surface area contributed by atoms with Gasteiger partial charge in [0.15, 0.2) is 0 Å². The van der Waals surface area contributed by atoms with Gasteiger partial charge < -0.3 is 10.2 Å². The van der Waals surface area contributed by atoms with E-state index in [2.05, 4.69) is 13.8 Å². The molecule has 0 aliphatic heterocycles. The summed E-state index contributed by atoms with van der Waals surface area (Å²) >= 11 is 0. The van der Waals surface area contributed by atoms with Crippen molar-refractivity contribution in [3.05, 3.63) is 0 Å². The second kappa shape index (κ2) is 31.1. The third-order valence-electron chi connectivity index (χ3n) is 8.49. The van der Waals surface area contributed by atoms with Crippen LogP contribution in [0.25, 0.3) is 0 Å². The highest BCUT2D eigenvalue weighted by Gasteiger charge is 2.20. The Labute approximate surface area is 228 Å². The van der Waals surface area contributed by atoms with E-state index in [1.165, 1.54) is 167 Å². The summed E-state index contributed by atoms with van der Waals surface area (Å²) in [7, 11) is 0. The van der Waals surface area contributed by atoms with Crippen LogP contribution in [0.15, 0.2) is 0 Å². The van der Waals surface area contributed by atoms with Gasteiger partial charge in [0.05, 0.1) is 0 Å². The molecule has 0 aromatic heterocycles. The molecular formula is C34H70O2. The first-order chi connectivity index (χ1) is 17.8. The number of hydrogen-bond donors (Lipinski definition) is 2. The van der Waals surface area contributed by atoms with Crippen LogP contribution in [0.3, 0.4) is 0 Å². The average Bonchev–Trinajstić information content (AvgIpc) is 2.89. The zero-order chi connectivity index (χ0) is 26.4. The van der Waals surface area contributed by atoms with Crippen LogP contribution in [0.5, 0.6) is 0 Å². The molecule has 0 saturated carbocycles. The van der Waals surface area contributed by atoms with Crippen molar-refractivity contribution in [3.8, 4) is 0 Å². The van der Waals surface area contributed by atoms with Gasteiger partial charge in [-0.1, -0.05) is 181 Å². The SMILES string of the molecule is CCCCCCCCCC(CCCCCCCO)C(CCCCCCCO)CCCCCCCCC. The summed E-state index contributed by atoms with van der Waals surface area (Å²) in [4.78, 5) is 0. The molecule has 2 heteroatoms. The Morgan fingerprint density at radius 2 is 0.528 bits per heavy atom. The van der Waals surface area contributed by atoms with Crippen LogP contribution >= 0.6 is 0 Å². The smallest absolute Gasteiger partial charge is 0.0431 e. The predicted octanol–water partition coefficient (Wildman–Crippen LogP) is 11.2. The summed E-state index contributed by atoms with van der Waals surface area (Å²) in [5, 5.41) is 18.1. The Bertz CT molecular complexity index is 347. The van der Waals surface area contributed by atoms with Crippen molar-refractivity contribution in [2.75, 3.05) is 13.2 Å². The molecule has 0 heterocycles. The van der Waals surface area contributed by atoms with Crippen molar-refractivity contribution in [1.29, 1.82) is 0 Å². The molecule has 0 aromatic rings. The van der Waals surface area contributed by atoms with Crippen molar-refractivity contribution < 1.29 is 10.2 Å². The van der Waals surface area contributed by atoms with E-state index in [9.17, 15) is 0 Å². The maximum Gasteiger partial charge on any atom is 0.0431 e. The van der Waals surface area contributed by atoms with Crippen molar-refractivity contribution in [2.45, 2.75) is 194 Å². The van der Waals surface area contributed by atoms with E-state index in [1.54, 1.807) is 0 Å². The summed E-state index contributed by atoms with van der Waals surface area (Å²) in [6.07, 6.45) is 38.3. The second-order valence-corrected chi connectivity index (χ2v) is 11.9. The molecule has 2 nitrogen and oxygen atoms in total. The lowest BCUT2D eigenvalue weighted by Gasteiger charge is -2.28. The van der Waals surface area contributed by atoms with Crippen molar-refractivity contribution >= 4 is 0 Å². The minimum Gasteiger partial charge on any atom is -0.396 e. The van der Waals surface area contributed by atoms with Crippen LogP contribution in [0.1, 0.15) is 194 Å². The largest absolute Gasteiger partial charge is 0.396 e. The van der Waals surface area contributed by atoms with Gasteiger partial charge in [-0.25, -0.2) is 0 Å². The molecule has 0 aliphatic carbocycles. The van der Waals surface area contributed by atoms with E-state index >= 15 is 0 Å². The second-order valence-electron chi connectivity index (χ2n) is 11.9. The Balaban J connectivity index is 4.68. The first-order valence-corrected chi connectivity index (χ1v) is 17.0. The molecule has 0 fully saturated rings. The lowest BCUT2D eigenvalue weighted by atomic mass is 9.78. The van der Waals surface area contributed by atoms with Crippen LogP contribution in [0, 0.1) is 11.8 Å². The van der Waals surface area contributed by atoms with E-state index in [4.69, 9.17) is 10.2 Å². The Morgan fingerprint density at radius 3 is 0.778 bits per heavy atom. The van der Waals surface area contributed by atoms with Gasteiger partial charge in [0.25, 0.3) is 0 Å². The summed E-state index contributed by atoms with van der Waals surface area (Å²) in [5.41, 5.74) is 0. The van der Waals surface area contributed by atoms with Gasteiger partial charge >= 0.3 is 0 Å². The third kappa shape index (κ3) is 25.6. The molecule has 0 saturated heterocycles. The molecule has 2 atom stereocenters. The topological polar surface area (TPSA) is 40.5 Å². The van der Waals surface area contributed by atoms with Gasteiger partial charge in [0, 0.05) is 13.2 Å². The van der Waals surface area contributed by atoms with Gasteiger partial charge in [-0.3, -0.25) is 0 Å². The number of aliphatic hydroxyl groups is 2. The van der Waals surface area contributed by atoms with E-state index < -0.39 is 0 Å². The summed E-state index contributed by atoms with van der Waals surface area (Å²) < 4.78 is 0. The maximum absolute atomic E-state index is 9.07. The highest BCUT2D eigenvalue weighted by molar-refractivity contribution is 4.72. The zero-order valence-electron chi connectivity index (χ0n) is 25.3. The first kappa shape index (κ1) is 35.9. The molecule has 0 aliphatic rings. The Kier molecular flexibility index (Phi) is 31.1. The fraction of sp³-hybridized carbons (Fsp3) is 1.00. The molecular weight excluding hydrogens is 440 g/mol. The van der Waals surface area contributed by atoms with E-state index in [0.717, 1.165) is 24.7 Å². The summed E-state index contributed by atoms with van der Waals surface area (Å²) in [6, 6.07) is 0. The predicted molar refractivity (Wildman–Crippen MR) is 162 cm³/mol. The number of unbranched alkanes of at least 4 members (excludes halogenated alkanes) is 20. The fourth-order valence-corrected chi connectivity index (χ4v) is 6.06. The van der Waals surface area contributed by atoms with Gasteiger partial charge in [-0.15, -0.1) is 0 Å². The van der Waals surface area contributed by atoms with Crippen LogP contribution < -0.4 is 0 Å². The maximum atomic E-state index is 9.07. The minimum absolute atomic E-state index is 0.361. The van der Waals surface area contributed by atoms with E-state index in [1.807, 2.05) is 0 Å². The van der Waals surface area contributed by atoms with Crippen LogP contribution in [-0.4, -0.2) is 23.4 Å². The van der Waals surface area contributed by atoms with Crippen LogP contribution in [0.2, 0.25) is 0 Å². The molecule has 0 aromatic carbocycles. The molecule has 2 unspecified atom stereocenters. The summed E-state index contributed by atoms with van der Waals surface area (Å²) in [6.45, 7) is 5.35. The van der Waals surface area contributed by atoms with Gasteiger partial charge in [-0.05, 0) is 24.7 Å². The molecule has 2 N–H and O–H groups in total. The Hall–Kier alpha value is -0.0800. The minimum atomic E-state index is 0.361. The Morgan fingerprint density at radius 1 is 0.306 bits per heavy atom. The van der Waals surface area contributed by atoms with Crippen molar-refractivity contribution in [1.82, 2.24) is 0 Å². The number of rotatable bonds is 31. The van der Waals surface area contributed by atoms with Gasteiger partial charge in [0.1, 0.15) is 0 Å². The fourth-order valence-electron chi connectivity index (χ4n) is 6.06. The van der Waals surface area contributed by atoms with E-state index in [-0.39, 0.29) is 0 Å². The standard InChI is InChI=1S/C34H70O2/c1-3-5-7-9-11-15-21-27-33(29-23-17-13-19-25-31-35)34(30-24-18-14-20-26-32-36)28-22-16-12-10-8-6-4-2/h33-36H,3-32H2,1-2H3. The molecule has 218 valence electrons. The van der Waals surface area contributed by atoms with Gasteiger partial charge in [0.2, 0.25) is 0 Å². The molecule has 0 amide bonds. The normalized spacial score (nSPS) is 13.3. The molecule has 0 radical (unpaired) electrons. The summed E-state index contributed by atoms with van der Waals surface area (Å²) in [5.74, 6) is 1.88. The average molecular weight is 511 g/mol. The quantitative estimate of drug-likeness (QED) is 0.0910. The number of aliphatic hydroxyl groups excluding tert-OH is 2. The molecule has 0 rings (SSSR count). The first-order valence-electron chi connectivity index (χ1n) is 17.0. The molecule has 36 heavy (non-hydrogen) atoms. The van der Waals surface area contributed by atoms with Crippen LogP contribution in [0.4, 0.5) is 0 Å². The highest BCUT2D eigenvalue weighted by Crippen LogP contribution is 2.33. The molecule has 0 bridgehead atoms. The molecule has 0 spiro atoms. The lowest BCUT2D eigenvalue weighted by molar-refractivity contribution is 0.235. The number of hydrogen-bond acceptors (Lipinski definition) is 2. The zero-order valence-corrected chi connectivity index (χ0v) is 25.3. The van der Waals surface area contributed by atoms with Crippen LogP contribution in [-0.2, 0) is 0 Å². The van der Waals surface area contributed by atoms with Crippen molar-refractivity contribution in [3.63, 3.8) is 0 Å².